The molecule has 1 unspecified atom stereocenters. The second-order valence-corrected chi connectivity index (χ2v) is 9.14. The standard InChI is InChI=1S/C20H28N2O3S/c1-15(22-26(23)20(2,3)4)17-10-11-21-18(12-17)14-25-13-16-6-8-19(24-5)9-7-16/h6-12,15,22H,13-14H2,1-5H3/t15?,26-/m1/s1. The minimum absolute atomic E-state index is 0.0293. The van der Waals surface area contributed by atoms with Gasteiger partial charge in [-0.1, -0.05) is 12.1 Å². The van der Waals surface area contributed by atoms with Crippen LogP contribution in [0.2, 0.25) is 0 Å². The number of methoxy groups -OCH3 is 1. The van der Waals surface area contributed by atoms with Crippen LogP contribution in [0.15, 0.2) is 42.6 Å². The summed E-state index contributed by atoms with van der Waals surface area (Å²) in [5, 5.41) is 0. The highest BCUT2D eigenvalue weighted by molar-refractivity contribution is 7.84. The highest BCUT2D eigenvalue weighted by atomic mass is 32.2. The molecule has 0 aliphatic heterocycles. The van der Waals surface area contributed by atoms with Crippen LogP contribution in [0.3, 0.4) is 0 Å². The zero-order valence-corrected chi connectivity index (χ0v) is 16.9. The molecule has 2 atom stereocenters. The molecule has 142 valence electrons. The Bertz CT molecular complexity index is 727. The van der Waals surface area contributed by atoms with Gasteiger partial charge in [0.1, 0.15) is 5.75 Å². The zero-order chi connectivity index (χ0) is 19.2. The van der Waals surface area contributed by atoms with Gasteiger partial charge in [0.05, 0.1) is 41.8 Å². The Morgan fingerprint density at radius 1 is 1.15 bits per heavy atom. The van der Waals surface area contributed by atoms with Gasteiger partial charge >= 0.3 is 0 Å². The summed E-state index contributed by atoms with van der Waals surface area (Å²) in [6.45, 7) is 8.79. The van der Waals surface area contributed by atoms with E-state index < -0.39 is 11.0 Å². The van der Waals surface area contributed by atoms with Crippen molar-refractivity contribution in [2.75, 3.05) is 7.11 Å². The van der Waals surface area contributed by atoms with Gasteiger partial charge < -0.3 is 9.47 Å². The van der Waals surface area contributed by atoms with Crippen molar-refractivity contribution in [2.24, 2.45) is 0 Å². The number of nitrogens with zero attached hydrogens (tertiary/aromatic N) is 1. The predicted octanol–water partition coefficient (Wildman–Crippen LogP) is 3.92. The fourth-order valence-corrected chi connectivity index (χ4v) is 3.06. The first-order valence-electron chi connectivity index (χ1n) is 8.63. The van der Waals surface area contributed by atoms with Crippen LogP contribution >= 0.6 is 0 Å². The van der Waals surface area contributed by atoms with Crippen molar-refractivity contribution in [3.8, 4) is 5.75 Å². The van der Waals surface area contributed by atoms with Gasteiger partial charge in [-0.15, -0.1) is 0 Å². The van der Waals surface area contributed by atoms with E-state index in [0.29, 0.717) is 13.2 Å². The Morgan fingerprint density at radius 2 is 1.85 bits per heavy atom. The topological polar surface area (TPSA) is 60.5 Å². The van der Waals surface area contributed by atoms with E-state index in [-0.39, 0.29) is 10.8 Å². The largest absolute Gasteiger partial charge is 0.497 e. The summed E-state index contributed by atoms with van der Waals surface area (Å²) in [5.41, 5.74) is 2.98. The maximum atomic E-state index is 12.3. The third kappa shape index (κ3) is 6.20. The maximum Gasteiger partial charge on any atom is 0.118 e. The Hall–Kier alpha value is -1.76. The summed E-state index contributed by atoms with van der Waals surface area (Å²) in [4.78, 5) is 4.36. The molecule has 5 nitrogen and oxygen atoms in total. The van der Waals surface area contributed by atoms with Crippen LogP contribution in [-0.2, 0) is 28.9 Å². The Kier molecular flexibility index (Phi) is 7.32. The van der Waals surface area contributed by atoms with Gasteiger partial charge in [-0.05, 0) is 63.1 Å². The van der Waals surface area contributed by atoms with E-state index in [4.69, 9.17) is 9.47 Å². The number of benzene rings is 1. The van der Waals surface area contributed by atoms with Gasteiger partial charge in [0.2, 0.25) is 0 Å². The lowest BCUT2D eigenvalue weighted by atomic mass is 10.1. The van der Waals surface area contributed by atoms with E-state index in [1.165, 1.54) is 0 Å². The van der Waals surface area contributed by atoms with Gasteiger partial charge in [0.25, 0.3) is 0 Å². The van der Waals surface area contributed by atoms with Gasteiger partial charge in [-0.3, -0.25) is 4.98 Å². The smallest absolute Gasteiger partial charge is 0.118 e. The van der Waals surface area contributed by atoms with Crippen LogP contribution in [0, 0.1) is 0 Å². The highest BCUT2D eigenvalue weighted by Gasteiger charge is 2.21. The SMILES string of the molecule is COc1ccc(COCc2cc(C(C)N[S@](=O)C(C)(C)C)ccn2)cc1. The minimum atomic E-state index is -1.12. The Morgan fingerprint density at radius 3 is 2.46 bits per heavy atom. The molecule has 0 saturated heterocycles. The molecule has 1 heterocycles. The van der Waals surface area contributed by atoms with Crippen molar-refractivity contribution in [3.05, 3.63) is 59.4 Å². The first-order chi connectivity index (χ1) is 12.3. The third-order valence-electron chi connectivity index (χ3n) is 3.86. The summed E-state index contributed by atoms with van der Waals surface area (Å²) in [7, 11) is 0.530. The van der Waals surface area contributed by atoms with E-state index in [9.17, 15) is 4.21 Å². The summed E-state index contributed by atoms with van der Waals surface area (Å²) < 4.78 is 26.0. The first-order valence-corrected chi connectivity index (χ1v) is 9.78. The number of ether oxygens (including phenoxy) is 2. The van der Waals surface area contributed by atoms with Crippen LogP contribution in [0.25, 0.3) is 0 Å². The molecule has 0 fully saturated rings. The van der Waals surface area contributed by atoms with Crippen molar-refractivity contribution < 1.29 is 13.7 Å². The summed E-state index contributed by atoms with van der Waals surface area (Å²) in [6.07, 6.45) is 1.76. The summed E-state index contributed by atoms with van der Waals surface area (Å²) in [5.74, 6) is 0.831. The summed E-state index contributed by atoms with van der Waals surface area (Å²) in [6, 6.07) is 11.7. The number of nitrogens with one attached hydrogen (secondary N) is 1. The molecule has 0 amide bonds. The molecule has 2 aromatic rings. The lowest BCUT2D eigenvalue weighted by Crippen LogP contribution is -2.34. The van der Waals surface area contributed by atoms with Crippen molar-refractivity contribution in [1.82, 2.24) is 9.71 Å². The molecule has 0 radical (unpaired) electrons. The second kappa shape index (κ2) is 9.26. The van der Waals surface area contributed by atoms with Crippen LogP contribution in [0.5, 0.6) is 5.75 Å². The lowest BCUT2D eigenvalue weighted by Gasteiger charge is -2.22. The third-order valence-corrected chi connectivity index (χ3v) is 5.54. The quantitative estimate of drug-likeness (QED) is 0.759. The van der Waals surface area contributed by atoms with E-state index >= 15 is 0 Å². The molecule has 1 N–H and O–H groups in total. The van der Waals surface area contributed by atoms with Crippen LogP contribution < -0.4 is 9.46 Å². The predicted molar refractivity (Wildman–Crippen MR) is 105 cm³/mol. The van der Waals surface area contributed by atoms with E-state index in [2.05, 4.69) is 9.71 Å². The molecular formula is C20H28N2O3S. The second-order valence-electron chi connectivity index (χ2n) is 7.14. The molecule has 0 aliphatic rings. The van der Waals surface area contributed by atoms with Gasteiger partial charge in [-0.2, -0.15) is 0 Å². The van der Waals surface area contributed by atoms with Crippen molar-refractivity contribution >= 4 is 11.0 Å². The molecule has 1 aromatic carbocycles. The first kappa shape index (κ1) is 20.6. The zero-order valence-electron chi connectivity index (χ0n) is 16.1. The number of hydrogen-bond donors (Lipinski definition) is 1. The number of aromatic nitrogens is 1. The molecule has 1 aromatic heterocycles. The number of rotatable bonds is 8. The normalized spacial score (nSPS) is 14.0. The Balaban J connectivity index is 1.90. The molecule has 0 aliphatic carbocycles. The molecule has 2 rings (SSSR count). The number of pyridine rings is 1. The lowest BCUT2D eigenvalue weighted by molar-refractivity contribution is 0.104. The van der Waals surface area contributed by atoms with Gasteiger partial charge in [0.15, 0.2) is 0 Å². The highest BCUT2D eigenvalue weighted by Crippen LogP contribution is 2.18. The average Bonchev–Trinajstić information content (AvgIpc) is 2.61. The van der Waals surface area contributed by atoms with Crippen molar-refractivity contribution in [3.63, 3.8) is 0 Å². The average molecular weight is 377 g/mol. The van der Waals surface area contributed by atoms with Crippen LogP contribution in [0.1, 0.15) is 50.6 Å². The van der Waals surface area contributed by atoms with Gasteiger partial charge in [-0.25, -0.2) is 8.93 Å². The maximum absolute atomic E-state index is 12.3. The molecule has 6 heteroatoms. The molecular weight excluding hydrogens is 348 g/mol. The van der Waals surface area contributed by atoms with Crippen molar-refractivity contribution in [1.29, 1.82) is 0 Å². The van der Waals surface area contributed by atoms with E-state index in [0.717, 1.165) is 22.6 Å². The fourth-order valence-electron chi connectivity index (χ4n) is 2.25. The van der Waals surface area contributed by atoms with E-state index in [1.54, 1.807) is 13.3 Å². The van der Waals surface area contributed by atoms with Crippen molar-refractivity contribution in [2.45, 2.75) is 51.7 Å². The summed E-state index contributed by atoms with van der Waals surface area (Å²) >= 11 is 0. The molecule has 0 bridgehead atoms. The Labute approximate surface area is 158 Å². The van der Waals surface area contributed by atoms with Gasteiger partial charge in [0, 0.05) is 12.2 Å². The fraction of sp³-hybridized carbons (Fsp3) is 0.450. The molecule has 26 heavy (non-hydrogen) atoms. The monoisotopic (exact) mass is 376 g/mol. The van der Waals surface area contributed by atoms with E-state index in [1.807, 2.05) is 64.1 Å². The molecule has 0 saturated carbocycles. The minimum Gasteiger partial charge on any atom is -0.497 e. The van der Waals surface area contributed by atoms with Crippen LogP contribution in [0.4, 0.5) is 0 Å². The number of hydrogen-bond acceptors (Lipinski definition) is 4. The molecule has 0 spiro atoms. The van der Waals surface area contributed by atoms with Crippen LogP contribution in [-0.4, -0.2) is 21.0 Å².